The minimum Gasteiger partial charge on any atom is -0.496 e. The lowest BCUT2D eigenvalue weighted by atomic mass is 9.80. The van der Waals surface area contributed by atoms with Crippen LogP contribution in [0.25, 0.3) is 0 Å². The van der Waals surface area contributed by atoms with E-state index in [0.717, 1.165) is 29.5 Å². The van der Waals surface area contributed by atoms with E-state index in [1.54, 1.807) is 7.11 Å². The average Bonchev–Trinajstić information content (AvgIpc) is 2.33. The van der Waals surface area contributed by atoms with Crippen molar-refractivity contribution in [3.63, 3.8) is 0 Å². The van der Waals surface area contributed by atoms with Crippen LogP contribution in [0, 0.1) is 0 Å². The van der Waals surface area contributed by atoms with Crippen molar-refractivity contribution in [3.8, 4) is 5.75 Å². The van der Waals surface area contributed by atoms with Crippen LogP contribution in [-0.4, -0.2) is 24.4 Å². The Balaban J connectivity index is 1.95. The van der Waals surface area contributed by atoms with Gasteiger partial charge in [0.2, 0.25) is 0 Å². The molecule has 2 N–H and O–H groups in total. The SMILES string of the molecule is COc1ccc(C(C)NCC2(O)CCC2)cc1Br. The van der Waals surface area contributed by atoms with Gasteiger partial charge in [0.05, 0.1) is 17.2 Å². The number of benzene rings is 1. The molecule has 2 rings (SSSR count). The third-order valence-corrected chi connectivity index (χ3v) is 4.32. The van der Waals surface area contributed by atoms with Crippen LogP contribution in [0.5, 0.6) is 5.75 Å². The van der Waals surface area contributed by atoms with E-state index in [4.69, 9.17) is 4.74 Å². The zero-order valence-corrected chi connectivity index (χ0v) is 12.5. The molecule has 0 amide bonds. The molecule has 0 bridgehead atoms. The van der Waals surface area contributed by atoms with Gasteiger partial charge in [-0.3, -0.25) is 0 Å². The van der Waals surface area contributed by atoms with Crippen molar-refractivity contribution >= 4 is 15.9 Å². The Morgan fingerprint density at radius 3 is 2.72 bits per heavy atom. The first-order chi connectivity index (χ1) is 8.54. The molecule has 0 spiro atoms. The van der Waals surface area contributed by atoms with Crippen molar-refractivity contribution < 1.29 is 9.84 Å². The monoisotopic (exact) mass is 313 g/mol. The van der Waals surface area contributed by atoms with Crippen LogP contribution in [0.4, 0.5) is 0 Å². The van der Waals surface area contributed by atoms with Gasteiger partial charge < -0.3 is 15.2 Å². The largest absolute Gasteiger partial charge is 0.496 e. The highest BCUT2D eigenvalue weighted by atomic mass is 79.9. The van der Waals surface area contributed by atoms with Gasteiger partial charge in [0, 0.05) is 12.6 Å². The van der Waals surface area contributed by atoms with Crippen LogP contribution in [0.3, 0.4) is 0 Å². The molecule has 4 heteroatoms. The summed E-state index contributed by atoms with van der Waals surface area (Å²) in [5, 5.41) is 13.4. The molecule has 0 aliphatic heterocycles. The Morgan fingerprint density at radius 1 is 1.50 bits per heavy atom. The van der Waals surface area contributed by atoms with Crippen molar-refractivity contribution in [3.05, 3.63) is 28.2 Å². The van der Waals surface area contributed by atoms with Crippen molar-refractivity contribution in [1.82, 2.24) is 5.32 Å². The van der Waals surface area contributed by atoms with E-state index < -0.39 is 5.60 Å². The van der Waals surface area contributed by atoms with Gasteiger partial charge in [0.25, 0.3) is 0 Å². The minimum atomic E-state index is -0.474. The molecule has 0 heterocycles. The number of ether oxygens (including phenoxy) is 1. The Bertz CT molecular complexity index is 418. The molecular weight excluding hydrogens is 294 g/mol. The van der Waals surface area contributed by atoms with E-state index in [2.05, 4.69) is 34.2 Å². The van der Waals surface area contributed by atoms with Crippen LogP contribution in [0.15, 0.2) is 22.7 Å². The normalized spacial score (nSPS) is 19.1. The summed E-state index contributed by atoms with van der Waals surface area (Å²) in [5.74, 6) is 0.837. The number of halogens is 1. The second-order valence-electron chi connectivity index (χ2n) is 5.07. The van der Waals surface area contributed by atoms with E-state index in [-0.39, 0.29) is 6.04 Å². The van der Waals surface area contributed by atoms with Gasteiger partial charge >= 0.3 is 0 Å². The van der Waals surface area contributed by atoms with Crippen LogP contribution in [-0.2, 0) is 0 Å². The van der Waals surface area contributed by atoms with E-state index in [0.29, 0.717) is 6.54 Å². The average molecular weight is 314 g/mol. The second kappa shape index (κ2) is 5.59. The topological polar surface area (TPSA) is 41.5 Å². The molecule has 1 aromatic rings. The van der Waals surface area contributed by atoms with Gasteiger partial charge in [-0.15, -0.1) is 0 Å². The van der Waals surface area contributed by atoms with Crippen molar-refractivity contribution in [2.75, 3.05) is 13.7 Å². The van der Waals surface area contributed by atoms with Crippen LogP contribution < -0.4 is 10.1 Å². The zero-order valence-electron chi connectivity index (χ0n) is 10.9. The molecule has 1 fully saturated rings. The van der Waals surface area contributed by atoms with Crippen molar-refractivity contribution in [2.45, 2.75) is 37.8 Å². The number of rotatable bonds is 5. The van der Waals surface area contributed by atoms with Gasteiger partial charge in [-0.05, 0) is 59.8 Å². The predicted octanol–water partition coefficient (Wildman–Crippen LogP) is 3.02. The fourth-order valence-corrected chi connectivity index (χ4v) is 2.73. The smallest absolute Gasteiger partial charge is 0.133 e. The van der Waals surface area contributed by atoms with Crippen LogP contribution in [0.2, 0.25) is 0 Å². The third kappa shape index (κ3) is 3.05. The Morgan fingerprint density at radius 2 is 2.22 bits per heavy atom. The van der Waals surface area contributed by atoms with E-state index >= 15 is 0 Å². The third-order valence-electron chi connectivity index (χ3n) is 3.70. The first-order valence-electron chi connectivity index (χ1n) is 6.33. The summed E-state index contributed by atoms with van der Waals surface area (Å²) in [7, 11) is 1.66. The van der Waals surface area contributed by atoms with E-state index in [9.17, 15) is 5.11 Å². The van der Waals surface area contributed by atoms with E-state index in [1.807, 2.05) is 12.1 Å². The number of nitrogens with one attached hydrogen (secondary N) is 1. The first-order valence-corrected chi connectivity index (χ1v) is 7.12. The first kappa shape index (κ1) is 13.8. The Kier molecular flexibility index (Phi) is 4.30. The molecule has 0 aromatic heterocycles. The molecule has 0 radical (unpaired) electrons. The van der Waals surface area contributed by atoms with Gasteiger partial charge in [0.1, 0.15) is 5.75 Å². The molecule has 1 aliphatic rings. The molecular formula is C14H20BrNO2. The Hall–Kier alpha value is -0.580. The quantitative estimate of drug-likeness (QED) is 0.878. The van der Waals surface area contributed by atoms with Crippen LogP contribution in [0.1, 0.15) is 37.8 Å². The highest BCUT2D eigenvalue weighted by molar-refractivity contribution is 9.10. The Labute approximate surface area is 117 Å². The lowest BCUT2D eigenvalue weighted by molar-refractivity contribution is -0.0329. The maximum Gasteiger partial charge on any atom is 0.133 e. The highest BCUT2D eigenvalue weighted by Gasteiger charge is 2.34. The summed E-state index contributed by atoms with van der Waals surface area (Å²) >= 11 is 3.49. The van der Waals surface area contributed by atoms with Gasteiger partial charge in [-0.2, -0.15) is 0 Å². The molecule has 18 heavy (non-hydrogen) atoms. The van der Waals surface area contributed by atoms with Crippen molar-refractivity contribution in [2.24, 2.45) is 0 Å². The summed E-state index contributed by atoms with van der Waals surface area (Å²) in [6, 6.07) is 6.28. The number of hydrogen-bond acceptors (Lipinski definition) is 3. The standard InChI is InChI=1S/C14H20BrNO2/c1-10(16-9-14(17)6-3-7-14)11-4-5-13(18-2)12(15)8-11/h4-5,8,10,16-17H,3,6-7,9H2,1-2H3. The van der Waals surface area contributed by atoms with Crippen molar-refractivity contribution in [1.29, 1.82) is 0 Å². The lowest BCUT2D eigenvalue weighted by Gasteiger charge is -2.37. The van der Waals surface area contributed by atoms with Gasteiger partial charge in [-0.25, -0.2) is 0 Å². The fraction of sp³-hybridized carbons (Fsp3) is 0.571. The van der Waals surface area contributed by atoms with Crippen LogP contribution >= 0.6 is 15.9 Å². The maximum atomic E-state index is 10.1. The fourth-order valence-electron chi connectivity index (χ4n) is 2.17. The molecule has 100 valence electrons. The number of methoxy groups -OCH3 is 1. The maximum absolute atomic E-state index is 10.1. The lowest BCUT2D eigenvalue weighted by Crippen LogP contribution is -2.46. The zero-order chi connectivity index (χ0) is 13.2. The highest BCUT2D eigenvalue weighted by Crippen LogP contribution is 2.32. The number of aliphatic hydroxyl groups is 1. The summed E-state index contributed by atoms with van der Waals surface area (Å²) in [6.45, 7) is 2.77. The summed E-state index contributed by atoms with van der Waals surface area (Å²) in [5.41, 5.74) is 0.711. The number of hydrogen-bond donors (Lipinski definition) is 2. The molecule has 1 aromatic carbocycles. The minimum absolute atomic E-state index is 0.219. The molecule has 3 nitrogen and oxygen atoms in total. The summed E-state index contributed by atoms with van der Waals surface area (Å²) in [4.78, 5) is 0. The molecule has 1 atom stereocenters. The van der Waals surface area contributed by atoms with Gasteiger partial charge in [-0.1, -0.05) is 6.07 Å². The predicted molar refractivity (Wildman–Crippen MR) is 75.9 cm³/mol. The summed E-state index contributed by atoms with van der Waals surface area (Å²) < 4.78 is 6.17. The second-order valence-corrected chi connectivity index (χ2v) is 5.93. The molecule has 1 aliphatic carbocycles. The summed E-state index contributed by atoms with van der Waals surface area (Å²) in [6.07, 6.45) is 2.97. The molecule has 1 saturated carbocycles. The molecule has 1 unspecified atom stereocenters. The van der Waals surface area contributed by atoms with E-state index in [1.165, 1.54) is 5.56 Å². The van der Waals surface area contributed by atoms with Gasteiger partial charge in [0.15, 0.2) is 0 Å². The molecule has 0 saturated heterocycles.